The van der Waals surface area contributed by atoms with Gasteiger partial charge in [-0.25, -0.2) is 4.79 Å². The molecule has 0 radical (unpaired) electrons. The van der Waals surface area contributed by atoms with Crippen LogP contribution < -0.4 is 15.5 Å². The maximum absolute atomic E-state index is 12.2. The summed E-state index contributed by atoms with van der Waals surface area (Å²) in [6.07, 6.45) is 1.58. The fourth-order valence-corrected chi connectivity index (χ4v) is 3.18. The van der Waals surface area contributed by atoms with Gasteiger partial charge in [-0.1, -0.05) is 40.9 Å². The Labute approximate surface area is 193 Å². The van der Waals surface area contributed by atoms with Gasteiger partial charge in [0.1, 0.15) is 5.75 Å². The minimum absolute atomic E-state index is 0.227. The molecule has 2 N–H and O–H groups in total. The average molecular weight is 479 g/mol. The molecule has 0 saturated carbocycles. The molecule has 0 fully saturated rings. The van der Waals surface area contributed by atoms with E-state index in [9.17, 15) is 4.79 Å². The summed E-state index contributed by atoms with van der Waals surface area (Å²) in [6.45, 7) is 0. The zero-order valence-electron chi connectivity index (χ0n) is 15.2. The van der Waals surface area contributed by atoms with E-state index in [0.717, 1.165) is 11.3 Å². The van der Waals surface area contributed by atoms with Gasteiger partial charge in [0.15, 0.2) is 5.11 Å². The van der Waals surface area contributed by atoms with Crippen molar-refractivity contribution < 1.29 is 9.53 Å². The lowest BCUT2D eigenvalue weighted by Gasteiger charge is -2.07. The summed E-state index contributed by atoms with van der Waals surface area (Å²) in [6, 6.07) is 18.5. The lowest BCUT2D eigenvalue weighted by atomic mass is 10.2. The van der Waals surface area contributed by atoms with Crippen LogP contribution in [-0.2, 0) is 0 Å². The van der Waals surface area contributed by atoms with Crippen LogP contribution in [0.1, 0.15) is 15.9 Å². The van der Waals surface area contributed by atoms with E-state index >= 15 is 0 Å². The second-order valence-electron chi connectivity index (χ2n) is 5.92. The number of hydrogen-bond donors (Lipinski definition) is 2. The van der Waals surface area contributed by atoms with E-state index in [0.29, 0.717) is 20.9 Å². The van der Waals surface area contributed by atoms with Crippen molar-refractivity contribution in [1.29, 1.82) is 0 Å². The molecule has 3 rings (SSSR count). The predicted molar refractivity (Wildman–Crippen MR) is 126 cm³/mol. The molecule has 3 aromatic rings. The fourth-order valence-electron chi connectivity index (χ4n) is 2.33. The maximum Gasteiger partial charge on any atom is 0.345 e. The van der Waals surface area contributed by atoms with Crippen molar-refractivity contribution in [2.45, 2.75) is 0 Å². The van der Waals surface area contributed by atoms with Crippen LogP contribution in [0.3, 0.4) is 0 Å². The normalized spacial score (nSPS) is 10.6. The SMILES string of the molecule is O=C(Oc1ccc(/C=N/NC(=S)Nc2cccc(Cl)c2)cc1)c1ccc(Cl)cc1Cl. The highest BCUT2D eigenvalue weighted by molar-refractivity contribution is 7.80. The molecule has 0 amide bonds. The number of thiocarbonyl (C=S) groups is 1. The fraction of sp³-hybridized carbons (Fsp3) is 0. The third-order valence-electron chi connectivity index (χ3n) is 3.70. The Bertz CT molecular complexity index is 1100. The number of carbonyl (C=O) groups is 1. The first-order valence-corrected chi connectivity index (χ1v) is 10.1. The molecule has 0 saturated heterocycles. The molecule has 0 bridgehead atoms. The molecule has 0 heterocycles. The van der Waals surface area contributed by atoms with E-state index in [1.165, 1.54) is 12.1 Å². The molecule has 0 unspecified atom stereocenters. The Kier molecular flexibility index (Phi) is 7.65. The average Bonchev–Trinajstić information content (AvgIpc) is 2.69. The van der Waals surface area contributed by atoms with Crippen molar-refractivity contribution in [3.05, 3.63) is 92.9 Å². The summed E-state index contributed by atoms with van der Waals surface area (Å²) in [5.41, 5.74) is 4.47. The first-order chi connectivity index (χ1) is 14.4. The number of nitrogens with zero attached hydrogens (tertiary/aromatic N) is 1. The third kappa shape index (κ3) is 6.43. The quantitative estimate of drug-likeness (QED) is 0.151. The summed E-state index contributed by atoms with van der Waals surface area (Å²) in [4.78, 5) is 12.2. The molecular formula is C21H14Cl3N3O2S. The Morgan fingerprint density at radius 3 is 2.40 bits per heavy atom. The van der Waals surface area contributed by atoms with Gasteiger partial charge < -0.3 is 10.1 Å². The molecule has 0 aliphatic rings. The Morgan fingerprint density at radius 2 is 1.70 bits per heavy atom. The van der Waals surface area contributed by atoms with E-state index in [4.69, 9.17) is 51.8 Å². The summed E-state index contributed by atoms with van der Waals surface area (Å²) in [5.74, 6) is -0.202. The largest absolute Gasteiger partial charge is 0.423 e. The van der Waals surface area contributed by atoms with Crippen LogP contribution in [0, 0.1) is 0 Å². The number of nitrogens with one attached hydrogen (secondary N) is 2. The third-order valence-corrected chi connectivity index (χ3v) is 4.68. The summed E-state index contributed by atoms with van der Waals surface area (Å²) < 4.78 is 5.33. The van der Waals surface area contributed by atoms with Gasteiger partial charge in [-0.3, -0.25) is 5.43 Å². The van der Waals surface area contributed by atoms with E-state index in [1.807, 2.05) is 12.1 Å². The molecule has 3 aromatic carbocycles. The van der Waals surface area contributed by atoms with Crippen molar-refractivity contribution in [3.63, 3.8) is 0 Å². The zero-order valence-corrected chi connectivity index (χ0v) is 18.3. The van der Waals surface area contributed by atoms with Gasteiger partial charge in [-0.05, 0) is 78.4 Å². The Morgan fingerprint density at radius 1 is 0.967 bits per heavy atom. The van der Waals surface area contributed by atoms with Crippen LogP contribution in [0.2, 0.25) is 15.1 Å². The van der Waals surface area contributed by atoms with Gasteiger partial charge in [0, 0.05) is 15.7 Å². The number of hydrazone groups is 1. The topological polar surface area (TPSA) is 62.7 Å². The van der Waals surface area contributed by atoms with E-state index < -0.39 is 5.97 Å². The monoisotopic (exact) mass is 477 g/mol. The highest BCUT2D eigenvalue weighted by Crippen LogP contribution is 2.23. The number of benzene rings is 3. The van der Waals surface area contributed by atoms with Crippen LogP contribution in [0.25, 0.3) is 0 Å². The maximum atomic E-state index is 12.2. The number of rotatable bonds is 5. The molecule has 0 aliphatic carbocycles. The van der Waals surface area contributed by atoms with Crippen molar-refractivity contribution in [2.24, 2.45) is 5.10 Å². The second kappa shape index (κ2) is 10.4. The van der Waals surface area contributed by atoms with Gasteiger partial charge in [-0.15, -0.1) is 0 Å². The van der Waals surface area contributed by atoms with Crippen LogP contribution in [0.5, 0.6) is 5.75 Å². The lowest BCUT2D eigenvalue weighted by Crippen LogP contribution is -2.23. The van der Waals surface area contributed by atoms with Gasteiger partial charge in [0.2, 0.25) is 0 Å². The minimum atomic E-state index is -0.572. The number of ether oxygens (including phenoxy) is 1. The molecule has 0 spiro atoms. The van der Waals surface area contributed by atoms with E-state index in [2.05, 4.69) is 15.8 Å². The Hall–Kier alpha value is -2.64. The first kappa shape index (κ1) is 22.1. The summed E-state index contributed by atoms with van der Waals surface area (Å²) in [7, 11) is 0. The van der Waals surface area contributed by atoms with Gasteiger partial charge in [-0.2, -0.15) is 5.10 Å². The molecule has 30 heavy (non-hydrogen) atoms. The molecule has 152 valence electrons. The van der Waals surface area contributed by atoms with Gasteiger partial charge in [0.25, 0.3) is 0 Å². The van der Waals surface area contributed by atoms with Crippen molar-refractivity contribution >= 4 is 70.0 Å². The summed E-state index contributed by atoms with van der Waals surface area (Å²) in [5, 5.41) is 8.63. The molecule has 0 aliphatic heterocycles. The van der Waals surface area contributed by atoms with E-state index in [-0.39, 0.29) is 10.6 Å². The molecule has 9 heteroatoms. The highest BCUT2D eigenvalue weighted by Gasteiger charge is 2.13. The van der Waals surface area contributed by atoms with Gasteiger partial charge in [0.05, 0.1) is 16.8 Å². The van der Waals surface area contributed by atoms with Gasteiger partial charge >= 0.3 is 5.97 Å². The van der Waals surface area contributed by atoms with Crippen LogP contribution in [0.15, 0.2) is 71.8 Å². The smallest absolute Gasteiger partial charge is 0.345 e. The van der Waals surface area contributed by atoms with Crippen molar-refractivity contribution in [1.82, 2.24) is 5.43 Å². The molecule has 0 atom stereocenters. The molecule has 0 aromatic heterocycles. The van der Waals surface area contributed by atoms with Crippen molar-refractivity contribution in [2.75, 3.05) is 5.32 Å². The second-order valence-corrected chi connectivity index (χ2v) is 7.61. The molecular weight excluding hydrogens is 465 g/mol. The van der Waals surface area contributed by atoms with Crippen LogP contribution in [-0.4, -0.2) is 17.3 Å². The zero-order chi connectivity index (χ0) is 21.5. The number of esters is 1. The number of hydrogen-bond acceptors (Lipinski definition) is 4. The number of halogens is 3. The van der Waals surface area contributed by atoms with Crippen LogP contribution in [0.4, 0.5) is 5.69 Å². The predicted octanol–water partition coefficient (Wildman–Crippen LogP) is 6.19. The van der Waals surface area contributed by atoms with Crippen LogP contribution >= 0.6 is 47.0 Å². The molecule has 5 nitrogen and oxygen atoms in total. The number of anilines is 1. The highest BCUT2D eigenvalue weighted by atomic mass is 35.5. The van der Waals surface area contributed by atoms with E-state index in [1.54, 1.807) is 48.7 Å². The first-order valence-electron chi connectivity index (χ1n) is 8.53. The standard InChI is InChI=1S/C21H14Cl3N3O2S/c22-14-2-1-3-16(10-14)26-21(30)27-25-12-13-4-7-17(8-5-13)29-20(28)18-9-6-15(23)11-19(18)24/h1-12H,(H2,26,27,30)/b25-12+. The minimum Gasteiger partial charge on any atom is -0.423 e. The summed E-state index contributed by atoms with van der Waals surface area (Å²) >= 11 is 23.0. The number of carbonyl (C=O) groups excluding carboxylic acids is 1. The van der Waals surface area contributed by atoms with Crippen molar-refractivity contribution in [3.8, 4) is 5.75 Å². The lowest BCUT2D eigenvalue weighted by molar-refractivity contribution is 0.0735. The Balaban J connectivity index is 1.53.